The quantitative estimate of drug-likeness (QED) is 0.794. The average molecular weight is 285 g/mol. The summed E-state index contributed by atoms with van der Waals surface area (Å²) in [6, 6.07) is 11.3. The third-order valence-corrected chi connectivity index (χ3v) is 3.57. The summed E-state index contributed by atoms with van der Waals surface area (Å²) in [5.41, 5.74) is 0.480. The van der Waals surface area contributed by atoms with E-state index in [1.807, 2.05) is 44.2 Å². The van der Waals surface area contributed by atoms with Crippen LogP contribution in [0.1, 0.15) is 24.2 Å². The molecule has 21 heavy (non-hydrogen) atoms. The highest BCUT2D eigenvalue weighted by atomic mass is 16.5. The zero-order valence-electron chi connectivity index (χ0n) is 12.5. The number of carbonyl (C=O) groups excluding carboxylic acids is 2. The lowest BCUT2D eigenvalue weighted by Gasteiger charge is -2.21. The Hall–Kier alpha value is -2.36. The normalized spacial score (nSPS) is 10.7. The molecule has 0 saturated heterocycles. The summed E-state index contributed by atoms with van der Waals surface area (Å²) in [7, 11) is 1.73. The molecule has 110 valence electrons. The number of fused-ring (bicyclic) bond motifs is 1. The third kappa shape index (κ3) is 3.21. The second-order valence-electron chi connectivity index (χ2n) is 5.20. The monoisotopic (exact) mass is 285 g/mol. The zero-order chi connectivity index (χ0) is 15.4. The van der Waals surface area contributed by atoms with Gasteiger partial charge in [0.2, 0.25) is 0 Å². The van der Waals surface area contributed by atoms with Crippen LogP contribution >= 0.6 is 0 Å². The Balaban J connectivity index is 2.23. The molecule has 0 heterocycles. The Labute approximate surface area is 124 Å². The predicted octanol–water partition coefficient (Wildman–Crippen LogP) is 2.90. The molecule has 0 saturated carbocycles. The Morgan fingerprint density at radius 2 is 1.95 bits per heavy atom. The molecule has 0 N–H and O–H groups in total. The molecular weight excluding hydrogens is 266 g/mol. The maximum absolute atomic E-state index is 11.9. The Bertz CT molecular complexity index is 664. The first-order valence-electron chi connectivity index (χ1n) is 6.90. The summed E-state index contributed by atoms with van der Waals surface area (Å²) in [6.07, 6.45) is 0.772. The fourth-order valence-electron chi connectivity index (χ4n) is 2.05. The minimum Gasteiger partial charge on any atom is -0.483 e. The fraction of sp³-hybridized carbons (Fsp3) is 0.294. The number of ether oxygens (including phenoxy) is 1. The van der Waals surface area contributed by atoms with E-state index >= 15 is 0 Å². The van der Waals surface area contributed by atoms with Gasteiger partial charge in [-0.1, -0.05) is 30.3 Å². The van der Waals surface area contributed by atoms with Gasteiger partial charge < -0.3 is 9.64 Å². The van der Waals surface area contributed by atoms with E-state index in [-0.39, 0.29) is 18.6 Å². The van der Waals surface area contributed by atoms with Crippen LogP contribution in [-0.4, -0.2) is 36.8 Å². The molecule has 0 aliphatic heterocycles. The number of benzene rings is 2. The Morgan fingerprint density at radius 1 is 1.24 bits per heavy atom. The van der Waals surface area contributed by atoms with E-state index < -0.39 is 0 Å². The maximum atomic E-state index is 11.9. The first-order chi connectivity index (χ1) is 10.0. The van der Waals surface area contributed by atoms with Gasteiger partial charge in [-0.2, -0.15) is 0 Å². The highest BCUT2D eigenvalue weighted by Gasteiger charge is 2.14. The first-order valence-corrected chi connectivity index (χ1v) is 6.90. The lowest BCUT2D eigenvalue weighted by Crippen LogP contribution is -2.36. The average Bonchev–Trinajstić information content (AvgIpc) is 2.50. The van der Waals surface area contributed by atoms with Gasteiger partial charge in [0.25, 0.3) is 5.91 Å². The number of likely N-dealkylation sites (N-methyl/N-ethyl adjacent to an activating group) is 1. The number of aldehydes is 1. The number of amides is 1. The van der Waals surface area contributed by atoms with Crippen molar-refractivity contribution in [3.63, 3.8) is 0 Å². The van der Waals surface area contributed by atoms with Crippen molar-refractivity contribution in [1.82, 2.24) is 4.90 Å². The summed E-state index contributed by atoms with van der Waals surface area (Å²) in [6.45, 7) is 3.80. The molecule has 2 aromatic rings. The zero-order valence-corrected chi connectivity index (χ0v) is 12.5. The van der Waals surface area contributed by atoms with Gasteiger partial charge in [-0.15, -0.1) is 0 Å². The van der Waals surface area contributed by atoms with Gasteiger partial charge >= 0.3 is 0 Å². The Kier molecular flexibility index (Phi) is 4.58. The third-order valence-electron chi connectivity index (χ3n) is 3.57. The molecule has 0 aromatic heterocycles. The fourth-order valence-corrected chi connectivity index (χ4v) is 2.05. The van der Waals surface area contributed by atoms with Gasteiger partial charge in [0.15, 0.2) is 12.9 Å². The van der Waals surface area contributed by atoms with Crippen LogP contribution in [0.2, 0.25) is 0 Å². The molecule has 0 radical (unpaired) electrons. The van der Waals surface area contributed by atoms with Crippen molar-refractivity contribution < 1.29 is 14.3 Å². The maximum Gasteiger partial charge on any atom is 0.260 e. The molecule has 0 atom stereocenters. The largest absolute Gasteiger partial charge is 0.483 e. The highest BCUT2D eigenvalue weighted by Crippen LogP contribution is 2.26. The molecule has 1 amide bonds. The van der Waals surface area contributed by atoms with E-state index in [1.54, 1.807) is 18.0 Å². The molecule has 2 rings (SSSR count). The second kappa shape index (κ2) is 6.39. The van der Waals surface area contributed by atoms with Crippen molar-refractivity contribution in [3.8, 4) is 5.75 Å². The van der Waals surface area contributed by atoms with Gasteiger partial charge in [-0.05, 0) is 30.7 Å². The molecule has 0 unspecified atom stereocenters. The smallest absolute Gasteiger partial charge is 0.260 e. The van der Waals surface area contributed by atoms with Crippen LogP contribution in [0, 0.1) is 0 Å². The topological polar surface area (TPSA) is 46.6 Å². The van der Waals surface area contributed by atoms with Crippen molar-refractivity contribution in [2.45, 2.75) is 19.9 Å². The van der Waals surface area contributed by atoms with Gasteiger partial charge in [0.05, 0.1) is 5.56 Å². The lowest BCUT2D eigenvalue weighted by atomic mass is 10.0. The number of hydrogen-bond donors (Lipinski definition) is 0. The molecule has 0 fully saturated rings. The minimum absolute atomic E-state index is 0.0755. The van der Waals surface area contributed by atoms with E-state index in [9.17, 15) is 9.59 Å². The number of nitrogens with zero attached hydrogens (tertiary/aromatic N) is 1. The summed E-state index contributed by atoms with van der Waals surface area (Å²) < 4.78 is 5.55. The minimum atomic E-state index is -0.116. The van der Waals surface area contributed by atoms with Crippen LogP contribution in [0.15, 0.2) is 36.4 Å². The Morgan fingerprint density at radius 3 is 2.62 bits per heavy atom. The summed E-state index contributed by atoms with van der Waals surface area (Å²) in [5, 5.41) is 1.80. The van der Waals surface area contributed by atoms with Crippen molar-refractivity contribution in [1.29, 1.82) is 0 Å². The molecule has 4 nitrogen and oxygen atoms in total. The standard InChI is InChI=1S/C17H19NO3/c1-12(2)18(3)17(20)11-21-16-9-8-13-6-4-5-7-14(13)15(16)10-19/h4-10,12H,11H2,1-3H3. The van der Waals surface area contributed by atoms with Crippen LogP contribution in [0.3, 0.4) is 0 Å². The first kappa shape index (κ1) is 15.0. The van der Waals surface area contributed by atoms with Crippen LogP contribution in [0.25, 0.3) is 10.8 Å². The summed E-state index contributed by atoms with van der Waals surface area (Å²) in [5.74, 6) is 0.323. The van der Waals surface area contributed by atoms with Crippen LogP contribution < -0.4 is 4.74 Å². The highest BCUT2D eigenvalue weighted by molar-refractivity contribution is 6.00. The van der Waals surface area contributed by atoms with E-state index in [0.29, 0.717) is 11.3 Å². The molecule has 0 bridgehead atoms. The van der Waals surface area contributed by atoms with Crippen LogP contribution in [-0.2, 0) is 4.79 Å². The lowest BCUT2D eigenvalue weighted by molar-refractivity contribution is -0.133. The van der Waals surface area contributed by atoms with Crippen LogP contribution in [0.4, 0.5) is 0 Å². The molecule has 4 heteroatoms. The van der Waals surface area contributed by atoms with Gasteiger partial charge in [-0.3, -0.25) is 9.59 Å². The molecule has 0 aliphatic rings. The second-order valence-corrected chi connectivity index (χ2v) is 5.20. The van der Waals surface area contributed by atoms with Gasteiger partial charge in [0, 0.05) is 13.1 Å². The summed E-state index contributed by atoms with van der Waals surface area (Å²) in [4.78, 5) is 24.9. The number of hydrogen-bond acceptors (Lipinski definition) is 3. The molecule has 0 aliphatic carbocycles. The van der Waals surface area contributed by atoms with Crippen molar-refractivity contribution in [2.24, 2.45) is 0 Å². The summed E-state index contributed by atoms with van der Waals surface area (Å²) >= 11 is 0. The van der Waals surface area contributed by atoms with E-state index in [2.05, 4.69) is 0 Å². The van der Waals surface area contributed by atoms with E-state index in [0.717, 1.165) is 17.1 Å². The van der Waals surface area contributed by atoms with Crippen molar-refractivity contribution >= 4 is 23.0 Å². The van der Waals surface area contributed by atoms with Crippen LogP contribution in [0.5, 0.6) is 5.75 Å². The molecule has 2 aromatic carbocycles. The van der Waals surface area contributed by atoms with Gasteiger partial charge in [0.1, 0.15) is 5.75 Å². The van der Waals surface area contributed by atoms with Crippen molar-refractivity contribution in [2.75, 3.05) is 13.7 Å². The predicted molar refractivity (Wildman–Crippen MR) is 82.7 cm³/mol. The molecular formula is C17H19NO3. The SMILES string of the molecule is CC(C)N(C)C(=O)COc1ccc2ccccc2c1C=O. The van der Waals surface area contributed by atoms with Gasteiger partial charge in [-0.25, -0.2) is 0 Å². The van der Waals surface area contributed by atoms with E-state index in [4.69, 9.17) is 4.74 Å². The molecule has 0 spiro atoms. The van der Waals surface area contributed by atoms with E-state index in [1.165, 1.54) is 0 Å². The van der Waals surface area contributed by atoms with Crippen molar-refractivity contribution in [3.05, 3.63) is 42.0 Å². The number of rotatable bonds is 5. The number of carbonyl (C=O) groups is 2.